The van der Waals surface area contributed by atoms with Gasteiger partial charge in [0.2, 0.25) is 5.91 Å². The molecule has 0 saturated heterocycles. The number of halogens is 3. The van der Waals surface area contributed by atoms with Crippen LogP contribution < -0.4 is 0 Å². The zero-order valence-electron chi connectivity index (χ0n) is 22.9. The number of benzene rings is 2. The van der Waals surface area contributed by atoms with Crippen LogP contribution in [0.4, 0.5) is 13.2 Å². The van der Waals surface area contributed by atoms with Crippen molar-refractivity contribution in [2.24, 2.45) is 5.18 Å². The van der Waals surface area contributed by atoms with Gasteiger partial charge < -0.3 is 9.47 Å². The fraction of sp³-hybridized carbons (Fsp3) is 0.448. The van der Waals surface area contributed by atoms with E-state index in [-0.39, 0.29) is 23.9 Å². The summed E-state index contributed by atoms with van der Waals surface area (Å²) in [6, 6.07) is 9.65. The number of unbranched alkanes of at least 4 members (excludes halogenated alkanes) is 2. The Morgan fingerprint density at radius 3 is 2.18 bits per heavy atom. The molecule has 1 heterocycles. The molecule has 1 aromatic heterocycles. The minimum atomic E-state index is -4.47. The highest BCUT2D eigenvalue weighted by Crippen LogP contribution is 2.41. The van der Waals surface area contributed by atoms with Gasteiger partial charge in [0.05, 0.1) is 16.8 Å². The van der Waals surface area contributed by atoms with Crippen LogP contribution in [0.25, 0.3) is 22.2 Å². The third kappa shape index (κ3) is 6.88. The number of hydrogen-bond donors (Lipinski definition) is 0. The number of fused-ring (bicyclic) bond motifs is 1. The lowest BCUT2D eigenvalue weighted by Gasteiger charge is -2.18. The van der Waals surface area contributed by atoms with E-state index in [1.807, 2.05) is 13.8 Å². The topological polar surface area (TPSA) is 71.7 Å². The number of nitroso groups, excluding NO2 is 1. The van der Waals surface area contributed by atoms with Gasteiger partial charge in [-0.15, -0.1) is 4.91 Å². The number of carbonyl (C=O) groups is 2. The summed E-state index contributed by atoms with van der Waals surface area (Å²) < 4.78 is 41.5. The zero-order valence-corrected chi connectivity index (χ0v) is 22.9. The summed E-state index contributed by atoms with van der Waals surface area (Å²) in [5.41, 5.74) is 1.92. The molecule has 1 unspecified atom stereocenters. The van der Waals surface area contributed by atoms with Crippen molar-refractivity contribution in [2.75, 3.05) is 14.1 Å². The van der Waals surface area contributed by atoms with Crippen molar-refractivity contribution in [3.63, 3.8) is 0 Å². The standard InChI is InChI=1S/C27H30F3N3O3.C2H6/c1-5-6-7-8-17(2)24-21-14-11-19(26(35)31-36)15-22(21)33(16-23(34)32(3)4)25(24)18-9-12-20(13-10-18)27(28,29)30;1-2/h9-15,17H,5-8,16H2,1-4H3;1-2H3. The van der Waals surface area contributed by atoms with Gasteiger partial charge in [0, 0.05) is 30.2 Å². The van der Waals surface area contributed by atoms with Gasteiger partial charge in [-0.1, -0.05) is 65.2 Å². The Morgan fingerprint density at radius 1 is 1.03 bits per heavy atom. The molecule has 0 spiro atoms. The summed E-state index contributed by atoms with van der Waals surface area (Å²) in [6.07, 6.45) is -0.569. The zero-order chi connectivity index (χ0) is 28.6. The largest absolute Gasteiger partial charge is 0.416 e. The molecule has 0 aliphatic heterocycles. The molecular weight excluding hydrogens is 495 g/mol. The number of amides is 2. The van der Waals surface area contributed by atoms with Crippen LogP contribution in [0, 0.1) is 4.91 Å². The summed E-state index contributed by atoms with van der Waals surface area (Å²) in [7, 11) is 3.23. The van der Waals surface area contributed by atoms with Crippen molar-refractivity contribution in [3.8, 4) is 11.3 Å². The van der Waals surface area contributed by atoms with E-state index >= 15 is 0 Å². The quantitative estimate of drug-likeness (QED) is 0.207. The summed E-state index contributed by atoms with van der Waals surface area (Å²) in [5, 5.41) is 3.29. The molecule has 0 fully saturated rings. The first-order chi connectivity index (χ1) is 18.0. The van der Waals surface area contributed by atoms with E-state index in [0.717, 1.165) is 48.8 Å². The molecule has 0 bridgehead atoms. The average molecular weight is 532 g/mol. The molecule has 0 radical (unpaired) electrons. The van der Waals surface area contributed by atoms with Crippen LogP contribution in [0.15, 0.2) is 47.6 Å². The second-order valence-corrected chi connectivity index (χ2v) is 9.24. The van der Waals surface area contributed by atoms with Crippen molar-refractivity contribution in [1.82, 2.24) is 9.47 Å². The summed E-state index contributed by atoms with van der Waals surface area (Å²) in [6.45, 7) is 8.08. The van der Waals surface area contributed by atoms with Crippen LogP contribution in [-0.2, 0) is 17.5 Å². The highest BCUT2D eigenvalue weighted by Gasteiger charge is 2.31. The smallest absolute Gasteiger partial charge is 0.347 e. The van der Waals surface area contributed by atoms with Crippen molar-refractivity contribution in [2.45, 2.75) is 72.0 Å². The van der Waals surface area contributed by atoms with Gasteiger partial charge >= 0.3 is 12.1 Å². The molecule has 2 amide bonds. The van der Waals surface area contributed by atoms with Crippen molar-refractivity contribution >= 4 is 22.7 Å². The molecule has 0 saturated carbocycles. The van der Waals surface area contributed by atoms with Crippen LogP contribution >= 0.6 is 0 Å². The molecule has 3 rings (SSSR count). The monoisotopic (exact) mass is 531 g/mol. The minimum absolute atomic E-state index is 0.0257. The lowest BCUT2D eigenvalue weighted by atomic mass is 9.90. The maximum absolute atomic E-state index is 13.2. The fourth-order valence-corrected chi connectivity index (χ4v) is 4.47. The molecule has 206 valence electrons. The number of aromatic nitrogens is 1. The first kappa shape index (κ1) is 30.7. The maximum atomic E-state index is 13.2. The Labute approximate surface area is 221 Å². The van der Waals surface area contributed by atoms with Gasteiger partial charge in [-0.05, 0) is 47.7 Å². The maximum Gasteiger partial charge on any atom is 0.416 e. The van der Waals surface area contributed by atoms with E-state index in [1.54, 1.807) is 24.7 Å². The van der Waals surface area contributed by atoms with E-state index in [9.17, 15) is 27.7 Å². The van der Waals surface area contributed by atoms with Crippen LogP contribution in [0.3, 0.4) is 0 Å². The van der Waals surface area contributed by atoms with Crippen LogP contribution in [0.5, 0.6) is 0 Å². The first-order valence-corrected chi connectivity index (χ1v) is 12.9. The molecule has 0 N–H and O–H groups in total. The molecular formula is C29H36F3N3O3. The lowest BCUT2D eigenvalue weighted by molar-refractivity contribution is -0.137. The van der Waals surface area contributed by atoms with Crippen LogP contribution in [-0.4, -0.2) is 35.4 Å². The number of rotatable bonds is 9. The number of alkyl halides is 3. The van der Waals surface area contributed by atoms with Gasteiger partial charge in [-0.2, -0.15) is 13.2 Å². The van der Waals surface area contributed by atoms with Crippen molar-refractivity contribution in [1.29, 1.82) is 0 Å². The molecule has 6 nitrogen and oxygen atoms in total. The highest BCUT2D eigenvalue weighted by atomic mass is 19.4. The van der Waals surface area contributed by atoms with E-state index in [2.05, 4.69) is 19.0 Å². The van der Waals surface area contributed by atoms with Crippen molar-refractivity contribution < 1.29 is 22.8 Å². The third-order valence-corrected chi connectivity index (χ3v) is 6.44. The Balaban J connectivity index is 0.00000247. The van der Waals surface area contributed by atoms with Gasteiger partial charge in [-0.25, -0.2) is 0 Å². The number of carbonyl (C=O) groups excluding carboxylic acids is 2. The normalized spacial score (nSPS) is 12.0. The van der Waals surface area contributed by atoms with E-state index in [4.69, 9.17) is 0 Å². The number of nitrogens with zero attached hydrogens (tertiary/aromatic N) is 3. The Kier molecular flexibility index (Phi) is 10.8. The number of hydrogen-bond acceptors (Lipinski definition) is 3. The van der Waals surface area contributed by atoms with Gasteiger partial charge in [0.1, 0.15) is 6.54 Å². The van der Waals surface area contributed by atoms with E-state index in [0.29, 0.717) is 16.8 Å². The first-order valence-electron chi connectivity index (χ1n) is 12.9. The highest BCUT2D eigenvalue weighted by molar-refractivity contribution is 6.01. The lowest BCUT2D eigenvalue weighted by Crippen LogP contribution is -2.26. The summed E-state index contributed by atoms with van der Waals surface area (Å²) >= 11 is 0. The van der Waals surface area contributed by atoms with Crippen molar-refractivity contribution in [3.05, 3.63) is 64.1 Å². The molecule has 38 heavy (non-hydrogen) atoms. The number of likely N-dealkylation sites (N-methyl/N-ethyl adjacent to an activating group) is 1. The van der Waals surface area contributed by atoms with Gasteiger partial charge in [0.25, 0.3) is 0 Å². The average Bonchev–Trinajstić information content (AvgIpc) is 3.22. The SMILES string of the molecule is CC.CCCCCC(C)c1c(-c2ccc(C(F)(F)F)cc2)n(CC(=O)N(C)C)c2cc(C(=O)N=O)ccc12. The Hall–Kier alpha value is -3.49. The van der Waals surface area contributed by atoms with Gasteiger partial charge in [-0.3, -0.25) is 9.59 Å². The Morgan fingerprint density at radius 2 is 1.66 bits per heavy atom. The second kappa shape index (κ2) is 13.3. The predicted molar refractivity (Wildman–Crippen MR) is 145 cm³/mol. The summed E-state index contributed by atoms with van der Waals surface area (Å²) in [4.78, 5) is 37.2. The van der Waals surface area contributed by atoms with E-state index in [1.165, 1.54) is 29.2 Å². The molecule has 2 aromatic carbocycles. The minimum Gasteiger partial charge on any atom is -0.347 e. The Bertz CT molecular complexity index is 1260. The molecule has 3 aromatic rings. The summed E-state index contributed by atoms with van der Waals surface area (Å²) in [5.74, 6) is -1.13. The predicted octanol–water partition coefficient (Wildman–Crippen LogP) is 8.03. The van der Waals surface area contributed by atoms with Crippen LogP contribution in [0.1, 0.15) is 80.8 Å². The molecule has 1 atom stereocenters. The van der Waals surface area contributed by atoms with E-state index < -0.39 is 17.6 Å². The molecule has 0 aliphatic carbocycles. The van der Waals surface area contributed by atoms with Crippen LogP contribution in [0.2, 0.25) is 0 Å². The van der Waals surface area contributed by atoms with Gasteiger partial charge in [0.15, 0.2) is 0 Å². The fourth-order valence-electron chi connectivity index (χ4n) is 4.47. The second-order valence-electron chi connectivity index (χ2n) is 9.24. The molecule has 9 heteroatoms. The molecule has 0 aliphatic rings. The third-order valence-electron chi connectivity index (χ3n) is 6.44.